The predicted molar refractivity (Wildman–Crippen MR) is 190 cm³/mol. The lowest BCUT2D eigenvalue weighted by Crippen LogP contribution is -2.46. The molecular weight excluding hydrogens is 747 g/mol. The molecule has 2 amide bonds. The molecule has 2 fully saturated rings. The number of carbonyl (C=O) groups excluding carboxylic acids is 2. The van der Waals surface area contributed by atoms with Gasteiger partial charge in [-0.1, -0.05) is 78.9 Å². The molecule has 0 aliphatic carbocycles. The number of likely N-dealkylation sites (tertiary alicyclic amines) is 1. The smallest absolute Gasteiger partial charge is 0.444 e. The largest absolute Gasteiger partial charge is 0.459 e. The van der Waals surface area contributed by atoms with Crippen molar-refractivity contribution >= 4 is 25.6 Å². The molecule has 2 aliphatic rings. The van der Waals surface area contributed by atoms with Gasteiger partial charge in [0.1, 0.15) is 24.3 Å². The molecule has 1 aromatic heterocycles. The molecule has 4 unspecified atom stereocenters. The number of nitrogens with zero attached hydrogens (tertiary/aromatic N) is 3. The molecule has 3 aromatic carbocycles. The van der Waals surface area contributed by atoms with Gasteiger partial charge in [-0.05, 0) is 35.7 Å². The molecule has 4 aromatic rings. The van der Waals surface area contributed by atoms with Crippen LogP contribution in [0.2, 0.25) is 0 Å². The number of aliphatic hydroxyl groups excluding tert-OH is 1. The van der Waals surface area contributed by atoms with Gasteiger partial charge in [-0.2, -0.15) is 18.9 Å². The fraction of sp³-hybridized carbons (Fsp3) is 0.333. The first-order valence-corrected chi connectivity index (χ1v) is 18.6. The number of alkyl halides is 2. The lowest BCUT2D eigenvalue weighted by molar-refractivity contribution is -0.313. The summed E-state index contributed by atoms with van der Waals surface area (Å²) in [6, 6.07) is 25.2. The van der Waals surface area contributed by atoms with Gasteiger partial charge in [0, 0.05) is 19.8 Å². The molecule has 292 valence electrons. The van der Waals surface area contributed by atoms with Crippen LogP contribution in [0.5, 0.6) is 5.75 Å². The third-order valence-corrected chi connectivity index (χ3v) is 10.1. The van der Waals surface area contributed by atoms with Gasteiger partial charge in [-0.25, -0.2) is 14.2 Å². The average molecular weight is 786 g/mol. The van der Waals surface area contributed by atoms with E-state index in [9.17, 15) is 24.1 Å². The molecule has 55 heavy (non-hydrogen) atoms. The van der Waals surface area contributed by atoms with Gasteiger partial charge in [-0.3, -0.25) is 19.2 Å². The van der Waals surface area contributed by atoms with Gasteiger partial charge >= 0.3 is 25.5 Å². The maximum Gasteiger partial charge on any atom is 0.459 e. The van der Waals surface area contributed by atoms with Crippen LogP contribution in [0.3, 0.4) is 0 Å². The van der Waals surface area contributed by atoms with Crippen molar-refractivity contribution in [1.29, 1.82) is 0 Å². The van der Waals surface area contributed by atoms with Crippen LogP contribution in [0.25, 0.3) is 0 Å². The Morgan fingerprint density at radius 3 is 2.25 bits per heavy atom. The van der Waals surface area contributed by atoms with E-state index in [-0.39, 0.29) is 31.2 Å². The maximum absolute atomic E-state index is 16.4. The first kappa shape index (κ1) is 39.6. The Kier molecular flexibility index (Phi) is 12.7. The summed E-state index contributed by atoms with van der Waals surface area (Å²) in [6.07, 6.45) is -6.39. The van der Waals surface area contributed by atoms with Gasteiger partial charge in [0.15, 0.2) is 6.10 Å². The quantitative estimate of drug-likeness (QED) is 0.107. The van der Waals surface area contributed by atoms with Crippen LogP contribution < -0.4 is 20.6 Å². The molecule has 19 heteroatoms. The zero-order valence-corrected chi connectivity index (χ0v) is 30.2. The summed E-state index contributed by atoms with van der Waals surface area (Å²) >= 11 is 0. The van der Waals surface area contributed by atoms with Crippen LogP contribution in [-0.2, 0) is 46.0 Å². The Balaban J connectivity index is 1.21. The van der Waals surface area contributed by atoms with E-state index in [1.165, 1.54) is 17.0 Å². The van der Waals surface area contributed by atoms with Gasteiger partial charge in [0.25, 0.3) is 6.48 Å². The average Bonchev–Trinajstić information content (AvgIpc) is 3.62. The minimum atomic E-state index is -4.51. The number of para-hydroxylation sites is 1. The highest BCUT2D eigenvalue weighted by Gasteiger charge is 2.62. The highest BCUT2D eigenvalue weighted by Crippen LogP contribution is 2.49. The van der Waals surface area contributed by atoms with Crippen molar-refractivity contribution in [3.8, 4) is 5.75 Å². The summed E-state index contributed by atoms with van der Waals surface area (Å²) in [5, 5.41) is 15.5. The van der Waals surface area contributed by atoms with E-state index in [0.717, 1.165) is 12.3 Å². The molecule has 2 saturated heterocycles. The van der Waals surface area contributed by atoms with E-state index in [1.807, 2.05) is 0 Å². The number of ether oxygens (including phenoxy) is 4. The molecule has 0 spiro atoms. The molecule has 16 nitrogen and oxygen atoms in total. The number of rotatable bonds is 16. The van der Waals surface area contributed by atoms with E-state index in [1.54, 1.807) is 85.9 Å². The van der Waals surface area contributed by atoms with Crippen molar-refractivity contribution < 1.29 is 56.0 Å². The molecule has 3 heterocycles. The van der Waals surface area contributed by atoms with E-state index in [0.29, 0.717) is 22.2 Å². The first-order valence-electron chi connectivity index (χ1n) is 17.0. The predicted octanol–water partition coefficient (Wildman–Crippen LogP) is 4.43. The number of hydrogen-bond donors (Lipinski definition) is 3. The summed E-state index contributed by atoms with van der Waals surface area (Å²) in [4.78, 5) is 43.3. The highest BCUT2D eigenvalue weighted by molar-refractivity contribution is 7.52. The van der Waals surface area contributed by atoms with Crippen LogP contribution >= 0.6 is 7.75 Å². The van der Waals surface area contributed by atoms with Gasteiger partial charge in [0.05, 0.1) is 19.3 Å². The van der Waals surface area contributed by atoms with Crippen molar-refractivity contribution in [2.75, 3.05) is 25.5 Å². The van der Waals surface area contributed by atoms with Gasteiger partial charge < -0.3 is 33.5 Å². The number of anilines is 1. The van der Waals surface area contributed by atoms with Crippen molar-refractivity contribution in [2.45, 2.75) is 56.5 Å². The third kappa shape index (κ3) is 10.2. The number of halogens is 2. The summed E-state index contributed by atoms with van der Waals surface area (Å²) in [6.45, 7) is -3.08. The fourth-order valence-corrected chi connectivity index (χ4v) is 7.26. The molecule has 0 saturated carbocycles. The van der Waals surface area contributed by atoms with Gasteiger partial charge in [-0.15, -0.1) is 0 Å². The number of benzene rings is 3. The summed E-state index contributed by atoms with van der Waals surface area (Å²) in [5.41, 5.74) is 0.0473. The number of aromatic nitrogens is 2. The summed E-state index contributed by atoms with van der Waals surface area (Å²) in [7, 11) is -2.95. The lowest BCUT2D eigenvalue weighted by atomic mass is 10.1. The minimum absolute atomic E-state index is 0.0789. The van der Waals surface area contributed by atoms with E-state index in [4.69, 9.17) is 28.0 Å². The monoisotopic (exact) mass is 785 g/mol. The molecule has 3 N–H and O–H groups in total. The number of amides is 2. The second-order valence-electron chi connectivity index (χ2n) is 12.5. The van der Waals surface area contributed by atoms with Crippen molar-refractivity contribution in [2.24, 2.45) is 0 Å². The van der Waals surface area contributed by atoms with Crippen molar-refractivity contribution in [3.63, 3.8) is 0 Å². The topological polar surface area (TPSA) is 189 Å². The standard InChI is InChI=1S/C36H38F2N5O11P/c1-42-19-17-27(31(42)44)41-55(48,54-26-15-9-4-10-16-26)51-23-28-30(53-35(47)50-22-25-13-7-3-8-14-25)36(37,38)32(52-28)43-20-18-29(39-33(43)45)40-34(46)49-21-24-11-5-2-6-12-24/h2-16,18,20,27-28,30,32,35,47H,17,19,21-23H2,1H3,(H,41,48)(H,39,40,45,46)/t27?,28?,30-,32-,35?,55?/m1/s1. The highest BCUT2D eigenvalue weighted by atomic mass is 31.2. The first-order chi connectivity index (χ1) is 26.4. The molecular formula is C36H38F2N5O11P. The molecule has 6 atom stereocenters. The number of hydrogen-bond acceptors (Lipinski definition) is 12. The second-order valence-corrected chi connectivity index (χ2v) is 14.2. The van der Waals surface area contributed by atoms with Crippen LogP contribution in [0.1, 0.15) is 23.8 Å². The normalized spacial score (nSPS) is 22.2. The Morgan fingerprint density at radius 1 is 1.00 bits per heavy atom. The Morgan fingerprint density at radius 2 is 1.64 bits per heavy atom. The minimum Gasteiger partial charge on any atom is -0.444 e. The number of carbonyl (C=O) groups is 2. The van der Waals surface area contributed by atoms with E-state index >= 15 is 8.78 Å². The van der Waals surface area contributed by atoms with Crippen LogP contribution in [-0.4, -0.2) is 82.4 Å². The van der Waals surface area contributed by atoms with Crippen molar-refractivity contribution in [1.82, 2.24) is 19.5 Å². The fourth-order valence-electron chi connectivity index (χ4n) is 5.72. The Bertz CT molecular complexity index is 2020. The molecule has 6 rings (SSSR count). The second kappa shape index (κ2) is 17.6. The zero-order chi connectivity index (χ0) is 39.0. The summed E-state index contributed by atoms with van der Waals surface area (Å²) in [5.74, 6) is -4.70. The van der Waals surface area contributed by atoms with Crippen molar-refractivity contribution in [3.05, 3.63) is 125 Å². The van der Waals surface area contributed by atoms with Crippen LogP contribution in [0.4, 0.5) is 19.4 Å². The lowest BCUT2D eigenvalue weighted by Gasteiger charge is -2.27. The zero-order valence-electron chi connectivity index (χ0n) is 29.3. The maximum atomic E-state index is 16.4. The summed E-state index contributed by atoms with van der Waals surface area (Å²) < 4.78 is 80.0. The number of nitrogens with one attached hydrogen (secondary N) is 2. The van der Waals surface area contributed by atoms with E-state index in [2.05, 4.69) is 15.4 Å². The van der Waals surface area contributed by atoms with E-state index < -0.39 is 68.9 Å². The molecule has 0 radical (unpaired) electrons. The Hall–Kier alpha value is -5.07. The van der Waals surface area contributed by atoms with Crippen LogP contribution in [0.15, 0.2) is 108 Å². The van der Waals surface area contributed by atoms with Gasteiger partial charge in [0.2, 0.25) is 12.1 Å². The van der Waals surface area contributed by atoms with Crippen LogP contribution in [0, 0.1) is 0 Å². The Labute approximate surface area is 313 Å². The number of likely N-dealkylation sites (N-methyl/N-ethyl adjacent to an activating group) is 1. The number of aliphatic hydroxyl groups is 1. The SMILES string of the molecule is CN1CCC(NP(=O)(OCC2O[C@@H](n3ccc(NC(=O)OCc4ccccc4)nc3=O)C(F)(F)[C@@H]2OC(O)OCc2ccccc2)Oc2ccccc2)C1=O. The molecule has 2 aliphatic heterocycles. The molecule has 0 bridgehead atoms. The third-order valence-electron chi connectivity index (χ3n) is 8.49.